The van der Waals surface area contributed by atoms with E-state index in [-0.39, 0.29) is 24.3 Å². The fourth-order valence-electron chi connectivity index (χ4n) is 3.26. The first-order valence-electron chi connectivity index (χ1n) is 7.80. The third-order valence-corrected chi connectivity index (χ3v) is 4.39. The molecule has 1 aliphatic heterocycles. The molecular weight excluding hydrogens is 258 g/mol. The van der Waals surface area contributed by atoms with E-state index in [1.54, 1.807) is 0 Å². The average Bonchev–Trinajstić information content (AvgIpc) is 2.46. The van der Waals surface area contributed by atoms with E-state index in [9.17, 15) is 14.7 Å². The van der Waals surface area contributed by atoms with Crippen molar-refractivity contribution in [2.24, 2.45) is 5.92 Å². The number of carbonyl (C=O) groups excluding carboxylic acids is 1. The van der Waals surface area contributed by atoms with Gasteiger partial charge in [0.2, 0.25) is 5.91 Å². The maximum absolute atomic E-state index is 12.0. The molecule has 1 heterocycles. The van der Waals surface area contributed by atoms with Crippen molar-refractivity contribution in [3.05, 3.63) is 0 Å². The quantitative estimate of drug-likeness (QED) is 0.810. The second kappa shape index (κ2) is 7.62. The number of carboxylic acids is 1. The predicted molar refractivity (Wildman–Crippen MR) is 74.3 cm³/mol. The second-order valence-electron chi connectivity index (χ2n) is 5.97. The van der Waals surface area contributed by atoms with Gasteiger partial charge in [0.15, 0.2) is 0 Å². The number of carboxylic acid groups (broad SMARTS) is 1. The van der Waals surface area contributed by atoms with Gasteiger partial charge < -0.3 is 15.2 Å². The summed E-state index contributed by atoms with van der Waals surface area (Å²) in [5.74, 6) is -1.01. The van der Waals surface area contributed by atoms with Crippen molar-refractivity contribution in [2.75, 3.05) is 6.61 Å². The standard InChI is InChI=1S/C15H25NO4/c17-13(10-12-8-4-5-9-20-12)16-14(15(18)19)11-6-2-1-3-7-11/h11-12,14H,1-10H2,(H,16,17)(H,18,19). The molecule has 0 aromatic rings. The van der Waals surface area contributed by atoms with Crippen LogP contribution in [-0.4, -0.2) is 35.7 Å². The summed E-state index contributed by atoms with van der Waals surface area (Å²) in [7, 11) is 0. The van der Waals surface area contributed by atoms with Crippen molar-refractivity contribution in [2.45, 2.75) is 69.9 Å². The Bertz CT molecular complexity index is 333. The van der Waals surface area contributed by atoms with Gasteiger partial charge in [0.1, 0.15) is 6.04 Å². The van der Waals surface area contributed by atoms with Crippen molar-refractivity contribution < 1.29 is 19.4 Å². The Kier molecular flexibility index (Phi) is 5.83. The van der Waals surface area contributed by atoms with Crippen LogP contribution < -0.4 is 5.32 Å². The van der Waals surface area contributed by atoms with Crippen molar-refractivity contribution in [1.82, 2.24) is 5.32 Å². The van der Waals surface area contributed by atoms with E-state index >= 15 is 0 Å². The summed E-state index contributed by atoms with van der Waals surface area (Å²) >= 11 is 0. The molecule has 2 aliphatic rings. The normalized spacial score (nSPS) is 25.9. The molecule has 0 spiro atoms. The number of amides is 1. The van der Waals surface area contributed by atoms with E-state index in [2.05, 4.69) is 5.32 Å². The van der Waals surface area contributed by atoms with Crippen LogP contribution >= 0.6 is 0 Å². The van der Waals surface area contributed by atoms with Crippen LogP contribution in [0.25, 0.3) is 0 Å². The van der Waals surface area contributed by atoms with E-state index in [1.165, 1.54) is 6.42 Å². The largest absolute Gasteiger partial charge is 0.480 e. The van der Waals surface area contributed by atoms with E-state index in [0.29, 0.717) is 6.61 Å². The Hall–Kier alpha value is -1.10. The molecule has 1 saturated carbocycles. The van der Waals surface area contributed by atoms with E-state index in [4.69, 9.17) is 4.74 Å². The Morgan fingerprint density at radius 3 is 2.40 bits per heavy atom. The molecule has 20 heavy (non-hydrogen) atoms. The van der Waals surface area contributed by atoms with Gasteiger partial charge in [0.05, 0.1) is 12.5 Å². The minimum absolute atomic E-state index is 0.0375. The molecule has 0 aromatic heterocycles. The summed E-state index contributed by atoms with van der Waals surface area (Å²) in [6.07, 6.45) is 8.39. The van der Waals surface area contributed by atoms with E-state index in [0.717, 1.165) is 44.9 Å². The number of hydrogen-bond donors (Lipinski definition) is 2. The van der Waals surface area contributed by atoms with Crippen LogP contribution in [0.1, 0.15) is 57.8 Å². The summed E-state index contributed by atoms with van der Waals surface area (Å²) in [5.41, 5.74) is 0. The van der Waals surface area contributed by atoms with Gasteiger partial charge in [-0.25, -0.2) is 4.79 Å². The van der Waals surface area contributed by atoms with Crippen molar-refractivity contribution in [3.8, 4) is 0 Å². The zero-order valence-electron chi connectivity index (χ0n) is 12.0. The predicted octanol–water partition coefficient (Wildman–Crippen LogP) is 2.10. The van der Waals surface area contributed by atoms with Gasteiger partial charge >= 0.3 is 5.97 Å². The van der Waals surface area contributed by atoms with Gasteiger partial charge in [-0.2, -0.15) is 0 Å². The summed E-state index contributed by atoms with van der Waals surface area (Å²) in [6.45, 7) is 0.711. The second-order valence-corrected chi connectivity index (χ2v) is 5.97. The van der Waals surface area contributed by atoms with Crippen molar-refractivity contribution in [3.63, 3.8) is 0 Å². The van der Waals surface area contributed by atoms with Crippen LogP contribution in [0.15, 0.2) is 0 Å². The van der Waals surface area contributed by atoms with E-state index in [1.807, 2.05) is 0 Å². The first kappa shape index (κ1) is 15.3. The zero-order chi connectivity index (χ0) is 14.4. The van der Waals surface area contributed by atoms with Crippen LogP contribution in [-0.2, 0) is 14.3 Å². The number of ether oxygens (including phenoxy) is 1. The number of carbonyl (C=O) groups is 2. The minimum atomic E-state index is -0.908. The molecule has 2 rings (SSSR count). The molecule has 5 heteroatoms. The van der Waals surface area contributed by atoms with Crippen LogP contribution in [0, 0.1) is 5.92 Å². The molecule has 1 amide bonds. The molecule has 2 unspecified atom stereocenters. The Morgan fingerprint density at radius 1 is 1.10 bits per heavy atom. The lowest BCUT2D eigenvalue weighted by Crippen LogP contribution is -2.47. The van der Waals surface area contributed by atoms with Gasteiger partial charge in [-0.05, 0) is 38.0 Å². The molecule has 2 fully saturated rings. The molecule has 1 saturated heterocycles. The SMILES string of the molecule is O=C(CC1CCCCO1)NC(C(=O)O)C1CCCCC1. The molecule has 2 atom stereocenters. The maximum Gasteiger partial charge on any atom is 0.326 e. The third-order valence-electron chi connectivity index (χ3n) is 4.39. The molecule has 0 radical (unpaired) electrons. The van der Waals surface area contributed by atoms with Crippen molar-refractivity contribution >= 4 is 11.9 Å². The molecule has 2 N–H and O–H groups in total. The molecule has 1 aliphatic carbocycles. The van der Waals surface area contributed by atoms with Gasteiger partial charge in [-0.1, -0.05) is 19.3 Å². The van der Waals surface area contributed by atoms with Crippen LogP contribution in [0.2, 0.25) is 0 Å². The average molecular weight is 283 g/mol. The summed E-state index contributed by atoms with van der Waals surface area (Å²) < 4.78 is 5.53. The number of aliphatic carboxylic acids is 1. The highest BCUT2D eigenvalue weighted by atomic mass is 16.5. The number of rotatable bonds is 5. The third kappa shape index (κ3) is 4.47. The molecular formula is C15H25NO4. The minimum Gasteiger partial charge on any atom is -0.480 e. The van der Waals surface area contributed by atoms with Gasteiger partial charge in [-0.15, -0.1) is 0 Å². The number of hydrogen-bond acceptors (Lipinski definition) is 3. The first-order chi connectivity index (χ1) is 9.66. The Morgan fingerprint density at radius 2 is 1.80 bits per heavy atom. The number of nitrogens with one attached hydrogen (secondary N) is 1. The van der Waals surface area contributed by atoms with E-state index < -0.39 is 12.0 Å². The Labute approximate surface area is 120 Å². The maximum atomic E-state index is 12.0. The van der Waals surface area contributed by atoms with Crippen molar-refractivity contribution in [1.29, 1.82) is 0 Å². The highest BCUT2D eigenvalue weighted by Crippen LogP contribution is 2.27. The summed E-state index contributed by atoms with van der Waals surface area (Å²) in [5, 5.41) is 12.0. The molecule has 0 aromatic carbocycles. The fourth-order valence-corrected chi connectivity index (χ4v) is 3.26. The van der Waals surface area contributed by atoms with Gasteiger partial charge in [0.25, 0.3) is 0 Å². The highest BCUT2D eigenvalue weighted by Gasteiger charge is 2.31. The topological polar surface area (TPSA) is 75.6 Å². The Balaban J connectivity index is 1.83. The summed E-state index contributed by atoms with van der Waals surface area (Å²) in [6, 6.07) is -0.730. The monoisotopic (exact) mass is 283 g/mol. The van der Waals surface area contributed by atoms with Crippen LogP contribution in [0.4, 0.5) is 0 Å². The lowest BCUT2D eigenvalue weighted by Gasteiger charge is -2.29. The smallest absolute Gasteiger partial charge is 0.326 e. The van der Waals surface area contributed by atoms with Gasteiger partial charge in [0, 0.05) is 6.61 Å². The summed E-state index contributed by atoms with van der Waals surface area (Å²) in [4.78, 5) is 23.4. The lowest BCUT2D eigenvalue weighted by atomic mass is 9.84. The van der Waals surface area contributed by atoms with Crippen LogP contribution in [0.5, 0.6) is 0 Å². The molecule has 114 valence electrons. The zero-order valence-corrected chi connectivity index (χ0v) is 12.0. The highest BCUT2D eigenvalue weighted by molar-refractivity contribution is 5.84. The van der Waals surface area contributed by atoms with Gasteiger partial charge in [-0.3, -0.25) is 4.79 Å². The fraction of sp³-hybridized carbons (Fsp3) is 0.867. The molecule has 0 bridgehead atoms. The lowest BCUT2D eigenvalue weighted by molar-refractivity contribution is -0.144. The van der Waals surface area contributed by atoms with Crippen LogP contribution in [0.3, 0.4) is 0 Å². The molecule has 5 nitrogen and oxygen atoms in total. The first-order valence-corrected chi connectivity index (χ1v) is 7.80.